The molecule has 1 aliphatic rings. The molecule has 9 heteroatoms. The number of aryl methyl sites for hydroxylation is 2. The molecule has 2 aromatic heterocycles. The maximum absolute atomic E-state index is 12.9. The third-order valence-corrected chi connectivity index (χ3v) is 6.31. The first-order valence-electron chi connectivity index (χ1n) is 9.26. The molecular weight excluding hydrogens is 394 g/mol. The summed E-state index contributed by atoms with van der Waals surface area (Å²) in [7, 11) is 0. The van der Waals surface area contributed by atoms with E-state index in [-0.39, 0.29) is 12.5 Å². The molecule has 4 rings (SSSR count). The number of carbonyl (C=O) groups is 2. The number of rotatable bonds is 6. The number of benzene rings is 1. The zero-order valence-corrected chi connectivity index (χ0v) is 16.3. The van der Waals surface area contributed by atoms with Gasteiger partial charge in [0, 0.05) is 11.4 Å². The second kappa shape index (κ2) is 7.67. The Labute approximate surface area is 169 Å². The van der Waals surface area contributed by atoms with Gasteiger partial charge in [-0.1, -0.05) is 30.3 Å². The number of nitrogens with one attached hydrogen (secondary N) is 1. The summed E-state index contributed by atoms with van der Waals surface area (Å²) in [5, 5.41) is 12.3. The van der Waals surface area contributed by atoms with E-state index in [4.69, 9.17) is 5.11 Å². The van der Waals surface area contributed by atoms with Gasteiger partial charge in [0.15, 0.2) is 0 Å². The maximum atomic E-state index is 12.9. The van der Waals surface area contributed by atoms with Gasteiger partial charge >= 0.3 is 11.7 Å². The molecule has 29 heavy (non-hydrogen) atoms. The normalized spacial score (nSPS) is 12.8. The van der Waals surface area contributed by atoms with Crippen molar-refractivity contribution in [1.82, 2.24) is 14.5 Å². The van der Waals surface area contributed by atoms with Gasteiger partial charge in [-0.3, -0.25) is 19.0 Å². The molecule has 0 radical (unpaired) electrons. The van der Waals surface area contributed by atoms with E-state index in [1.54, 1.807) is 0 Å². The summed E-state index contributed by atoms with van der Waals surface area (Å²) in [5.74, 6) is -1.66. The summed E-state index contributed by atoms with van der Waals surface area (Å²) in [5.41, 5.74) is 0.435. The monoisotopic (exact) mass is 413 g/mol. The lowest BCUT2D eigenvalue weighted by atomic mass is 10.2. The number of thiophene rings is 1. The first-order chi connectivity index (χ1) is 14.0. The summed E-state index contributed by atoms with van der Waals surface area (Å²) in [6, 6.07) is 9.36. The van der Waals surface area contributed by atoms with Gasteiger partial charge in [-0.05, 0) is 30.4 Å². The number of carbonyl (C=O) groups excluding carboxylic acids is 1. The number of hydrogen-bond donors (Lipinski definition) is 2. The van der Waals surface area contributed by atoms with Gasteiger partial charge in [-0.15, -0.1) is 11.3 Å². The number of aliphatic carboxylic acids is 1. The van der Waals surface area contributed by atoms with Crippen LogP contribution in [0.2, 0.25) is 0 Å². The number of nitrogens with zero attached hydrogens (tertiary/aromatic N) is 2. The van der Waals surface area contributed by atoms with Crippen molar-refractivity contribution in [1.29, 1.82) is 0 Å². The molecule has 0 unspecified atom stereocenters. The Morgan fingerprint density at radius 2 is 1.83 bits per heavy atom. The molecule has 1 aromatic carbocycles. The first-order valence-corrected chi connectivity index (χ1v) is 10.1. The van der Waals surface area contributed by atoms with Gasteiger partial charge < -0.3 is 10.4 Å². The lowest BCUT2D eigenvalue weighted by Crippen LogP contribution is -2.43. The highest BCUT2D eigenvalue weighted by atomic mass is 32.1. The van der Waals surface area contributed by atoms with Crippen molar-refractivity contribution in [3.05, 3.63) is 67.2 Å². The summed E-state index contributed by atoms with van der Waals surface area (Å²) in [6.45, 7) is -0.696. The molecule has 0 spiro atoms. The first kappa shape index (κ1) is 19.1. The number of carboxylic acid groups (broad SMARTS) is 1. The third-order valence-electron chi connectivity index (χ3n) is 5.00. The summed E-state index contributed by atoms with van der Waals surface area (Å²) >= 11 is 1.35. The maximum Gasteiger partial charge on any atom is 0.333 e. The van der Waals surface area contributed by atoms with Crippen molar-refractivity contribution in [2.45, 2.75) is 38.9 Å². The highest BCUT2D eigenvalue weighted by Crippen LogP contribution is 2.35. The second-order valence-corrected chi connectivity index (χ2v) is 8.04. The van der Waals surface area contributed by atoms with Crippen molar-refractivity contribution >= 4 is 33.4 Å². The van der Waals surface area contributed by atoms with Gasteiger partial charge in [0.25, 0.3) is 5.56 Å². The van der Waals surface area contributed by atoms with Crippen LogP contribution in [0.25, 0.3) is 10.2 Å². The van der Waals surface area contributed by atoms with Crippen LogP contribution >= 0.6 is 11.3 Å². The Hall–Kier alpha value is -3.20. The highest BCUT2D eigenvalue weighted by Gasteiger charge is 2.25. The minimum Gasteiger partial charge on any atom is -0.480 e. The molecule has 2 N–H and O–H groups in total. The number of aromatic nitrogens is 2. The summed E-state index contributed by atoms with van der Waals surface area (Å²) in [4.78, 5) is 50.9. The van der Waals surface area contributed by atoms with E-state index in [9.17, 15) is 19.2 Å². The van der Waals surface area contributed by atoms with Gasteiger partial charge in [0.2, 0.25) is 5.91 Å². The molecule has 0 fully saturated rings. The van der Waals surface area contributed by atoms with Crippen LogP contribution in [0, 0.1) is 0 Å². The quantitative estimate of drug-likeness (QED) is 0.629. The lowest BCUT2D eigenvalue weighted by molar-refractivity contribution is -0.137. The Morgan fingerprint density at radius 3 is 2.55 bits per heavy atom. The predicted molar refractivity (Wildman–Crippen MR) is 108 cm³/mol. The molecule has 150 valence electrons. The molecule has 0 saturated heterocycles. The molecule has 8 nitrogen and oxygen atoms in total. The molecule has 0 aliphatic heterocycles. The van der Waals surface area contributed by atoms with Gasteiger partial charge in [0.1, 0.15) is 17.9 Å². The number of carboxylic acids is 1. The Morgan fingerprint density at radius 1 is 1.07 bits per heavy atom. The van der Waals surface area contributed by atoms with Crippen molar-refractivity contribution in [2.75, 3.05) is 0 Å². The van der Waals surface area contributed by atoms with Gasteiger partial charge in [-0.25, -0.2) is 9.36 Å². The topological polar surface area (TPSA) is 110 Å². The number of amides is 1. The Bertz CT molecular complexity index is 1220. The van der Waals surface area contributed by atoms with E-state index in [1.807, 2.05) is 30.3 Å². The van der Waals surface area contributed by atoms with Crippen LogP contribution < -0.4 is 16.6 Å². The van der Waals surface area contributed by atoms with E-state index in [2.05, 4.69) is 5.32 Å². The average Bonchev–Trinajstić information content (AvgIpc) is 3.29. The summed E-state index contributed by atoms with van der Waals surface area (Å²) < 4.78 is 1.93. The van der Waals surface area contributed by atoms with Crippen molar-refractivity contribution in [3.63, 3.8) is 0 Å². The number of fused-ring (bicyclic) bond motifs is 3. The SMILES string of the molecule is O=C(O)Cn1c(=O)c2c3c(sc2n(CC(=O)NCc2ccccc2)c1=O)CCC3. The minimum absolute atomic E-state index is 0.276. The van der Waals surface area contributed by atoms with Crippen LogP contribution in [0.4, 0.5) is 0 Å². The van der Waals surface area contributed by atoms with E-state index in [0.717, 1.165) is 35.3 Å². The molecule has 0 saturated carbocycles. The standard InChI is InChI=1S/C20H19N3O5S/c24-15(21-9-12-5-2-1-3-6-12)10-23-19-17(13-7-4-8-14(13)29-19)18(27)22(20(23)28)11-16(25)26/h1-3,5-6H,4,7-11H2,(H,21,24)(H,25,26). The molecule has 0 bridgehead atoms. The average molecular weight is 413 g/mol. The zero-order valence-electron chi connectivity index (χ0n) is 15.5. The van der Waals surface area contributed by atoms with Gasteiger partial charge in [-0.2, -0.15) is 0 Å². The van der Waals surface area contributed by atoms with Crippen molar-refractivity contribution < 1.29 is 14.7 Å². The van der Waals surface area contributed by atoms with E-state index in [1.165, 1.54) is 15.9 Å². The van der Waals surface area contributed by atoms with Crippen LogP contribution in [0.5, 0.6) is 0 Å². The zero-order chi connectivity index (χ0) is 20.5. The van der Waals surface area contributed by atoms with Crippen molar-refractivity contribution in [2.24, 2.45) is 0 Å². The van der Waals surface area contributed by atoms with E-state index < -0.39 is 23.8 Å². The fourth-order valence-corrected chi connectivity index (χ4v) is 5.04. The fourth-order valence-electron chi connectivity index (χ4n) is 3.67. The van der Waals surface area contributed by atoms with Crippen LogP contribution in [0.15, 0.2) is 39.9 Å². The van der Waals surface area contributed by atoms with E-state index >= 15 is 0 Å². The molecule has 2 heterocycles. The predicted octanol–water partition coefficient (Wildman–Crippen LogP) is 1.11. The van der Waals surface area contributed by atoms with Crippen LogP contribution in [-0.4, -0.2) is 26.1 Å². The van der Waals surface area contributed by atoms with E-state index in [0.29, 0.717) is 21.3 Å². The Balaban J connectivity index is 1.73. The number of hydrogen-bond acceptors (Lipinski definition) is 5. The third kappa shape index (κ3) is 3.61. The molecule has 1 amide bonds. The van der Waals surface area contributed by atoms with Crippen molar-refractivity contribution in [3.8, 4) is 0 Å². The molecule has 1 aliphatic carbocycles. The molecule has 3 aromatic rings. The Kier molecular flexibility index (Phi) is 5.06. The molecule has 0 atom stereocenters. The minimum atomic E-state index is -1.28. The van der Waals surface area contributed by atoms with Crippen LogP contribution in [0.1, 0.15) is 22.4 Å². The van der Waals surface area contributed by atoms with Crippen LogP contribution in [-0.2, 0) is 42.1 Å². The van der Waals surface area contributed by atoms with Gasteiger partial charge in [0.05, 0.1) is 5.39 Å². The smallest absolute Gasteiger partial charge is 0.333 e. The highest BCUT2D eigenvalue weighted by molar-refractivity contribution is 7.19. The largest absolute Gasteiger partial charge is 0.480 e. The second-order valence-electron chi connectivity index (χ2n) is 6.95. The lowest BCUT2D eigenvalue weighted by Gasteiger charge is -2.12. The fraction of sp³-hybridized carbons (Fsp3) is 0.300. The molecular formula is C20H19N3O5S. The van der Waals surface area contributed by atoms with Crippen LogP contribution in [0.3, 0.4) is 0 Å². The summed E-state index contributed by atoms with van der Waals surface area (Å²) in [6.07, 6.45) is 2.46.